The van der Waals surface area contributed by atoms with E-state index in [9.17, 15) is 0 Å². The van der Waals surface area contributed by atoms with Gasteiger partial charge in [-0.3, -0.25) is 0 Å². The molecule has 0 saturated carbocycles. The molecule has 9 rings (SSSR count). The van der Waals surface area contributed by atoms with Gasteiger partial charge in [0.05, 0.1) is 0 Å². The summed E-state index contributed by atoms with van der Waals surface area (Å²) >= 11 is 0. The highest BCUT2D eigenvalue weighted by Gasteiger charge is 2.59. The average Bonchev–Trinajstić information content (AvgIpc) is 3.68. The Bertz CT molecular complexity index is 2160. The molecule has 1 heteroatoms. The topological polar surface area (TPSA) is 0 Å². The predicted molar refractivity (Wildman–Crippen MR) is 205 cm³/mol. The molecule has 1 heterocycles. The highest BCUT2D eigenvalue weighted by Crippen LogP contribution is 2.63. The second kappa shape index (κ2) is 11.8. The summed E-state index contributed by atoms with van der Waals surface area (Å²) in [6.07, 6.45) is 0. The maximum atomic E-state index is 2.43. The van der Waals surface area contributed by atoms with Crippen LogP contribution in [0.15, 0.2) is 200 Å². The van der Waals surface area contributed by atoms with Crippen molar-refractivity contribution in [1.82, 2.24) is 0 Å². The van der Waals surface area contributed by atoms with E-state index in [1.54, 1.807) is 0 Å². The van der Waals surface area contributed by atoms with Crippen molar-refractivity contribution in [1.29, 1.82) is 0 Å². The second-order valence-electron chi connectivity index (χ2n) is 12.7. The van der Waals surface area contributed by atoms with E-state index >= 15 is 0 Å². The van der Waals surface area contributed by atoms with Gasteiger partial charge < -0.3 is 0 Å². The van der Waals surface area contributed by atoms with Crippen molar-refractivity contribution in [3.63, 3.8) is 0 Å². The lowest BCUT2D eigenvalue weighted by Crippen LogP contribution is -2.55. The summed E-state index contributed by atoms with van der Waals surface area (Å²) in [5, 5.41) is 4.39. The molecule has 0 N–H and O–H groups in total. The molecule has 2 aliphatic rings. The third-order valence-corrected chi connectivity index (χ3v) is 15.7. The van der Waals surface area contributed by atoms with Gasteiger partial charge in [0.15, 0.2) is 8.07 Å². The van der Waals surface area contributed by atoms with Gasteiger partial charge in [-0.05, 0) is 71.2 Å². The normalized spacial score (nSPS) is 15.0. The van der Waals surface area contributed by atoms with Crippen LogP contribution in [-0.2, 0) is 0 Å². The smallest absolute Gasteiger partial charge is 0.0624 e. The molecule has 48 heavy (non-hydrogen) atoms. The maximum absolute atomic E-state index is 3.05. The van der Waals surface area contributed by atoms with Crippen LogP contribution in [0.25, 0.3) is 32.7 Å². The summed E-state index contributed by atoms with van der Waals surface area (Å²) in [4.78, 5) is 0. The first-order valence-corrected chi connectivity index (χ1v) is 18.9. The van der Waals surface area contributed by atoms with Gasteiger partial charge in [0.2, 0.25) is 0 Å². The third kappa shape index (κ3) is 4.28. The van der Waals surface area contributed by atoms with Crippen LogP contribution >= 0.6 is 0 Å². The number of rotatable bonds is 6. The van der Waals surface area contributed by atoms with E-state index in [2.05, 4.69) is 200 Å². The molecule has 0 bridgehead atoms. The molecule has 7 aromatic carbocycles. The SMILES string of the molecule is c1ccc(C2=C(c3ccccc3)[Si](c3ccccc3)(C3c4ccccc4-c4ccccc43)C(c3ccccc3)=C2c2ccccc2)cc1. The van der Waals surface area contributed by atoms with Crippen LogP contribution in [0.3, 0.4) is 0 Å². The summed E-state index contributed by atoms with van der Waals surface area (Å²) in [6, 6.07) is 74.8. The summed E-state index contributed by atoms with van der Waals surface area (Å²) in [7, 11) is -3.05. The van der Waals surface area contributed by atoms with Crippen molar-refractivity contribution in [2.24, 2.45) is 0 Å². The quantitative estimate of drug-likeness (QED) is 0.161. The number of fused-ring (bicyclic) bond motifs is 3. The lowest BCUT2D eigenvalue weighted by Gasteiger charge is -2.41. The highest BCUT2D eigenvalue weighted by atomic mass is 28.3. The van der Waals surface area contributed by atoms with E-state index < -0.39 is 8.07 Å². The molecule has 0 radical (unpaired) electrons. The summed E-state index contributed by atoms with van der Waals surface area (Å²) in [6.45, 7) is 0. The first-order chi connectivity index (χ1) is 23.9. The van der Waals surface area contributed by atoms with Gasteiger partial charge in [-0.25, -0.2) is 0 Å². The number of benzene rings is 7. The van der Waals surface area contributed by atoms with E-state index in [4.69, 9.17) is 0 Å². The molecule has 0 aromatic heterocycles. The highest BCUT2D eigenvalue weighted by molar-refractivity contribution is 7.23. The van der Waals surface area contributed by atoms with Gasteiger partial charge in [-0.2, -0.15) is 0 Å². The first-order valence-electron chi connectivity index (χ1n) is 16.8. The molecule has 7 aromatic rings. The Morgan fingerprint density at radius 1 is 0.292 bits per heavy atom. The van der Waals surface area contributed by atoms with Gasteiger partial charge >= 0.3 is 0 Å². The minimum absolute atomic E-state index is 0.151. The fraction of sp³-hybridized carbons (Fsp3) is 0.0213. The Labute approximate surface area is 284 Å². The predicted octanol–water partition coefficient (Wildman–Crippen LogP) is 11.0. The summed E-state index contributed by atoms with van der Waals surface area (Å²) < 4.78 is 0. The number of hydrogen-bond donors (Lipinski definition) is 0. The van der Waals surface area contributed by atoms with E-state index in [1.807, 2.05) is 0 Å². The van der Waals surface area contributed by atoms with Gasteiger partial charge in [0, 0.05) is 5.54 Å². The largest absolute Gasteiger partial charge is 0.162 e. The van der Waals surface area contributed by atoms with Gasteiger partial charge in [0.1, 0.15) is 0 Å². The van der Waals surface area contributed by atoms with Crippen molar-refractivity contribution < 1.29 is 0 Å². The monoisotopic (exact) mass is 626 g/mol. The van der Waals surface area contributed by atoms with E-state index in [0.717, 1.165) is 0 Å². The molecular formula is C47H34Si. The summed E-state index contributed by atoms with van der Waals surface area (Å²) in [5.41, 5.74) is 13.5. The minimum Gasteiger partial charge on any atom is -0.0624 e. The van der Waals surface area contributed by atoms with Crippen molar-refractivity contribution >= 4 is 34.8 Å². The van der Waals surface area contributed by atoms with E-state index in [-0.39, 0.29) is 5.54 Å². The van der Waals surface area contributed by atoms with Crippen molar-refractivity contribution in [3.05, 3.63) is 234 Å². The maximum Gasteiger partial charge on any atom is 0.162 e. The fourth-order valence-corrected chi connectivity index (χ4v) is 15.0. The molecule has 0 unspecified atom stereocenters. The Morgan fingerprint density at radius 2 is 0.604 bits per heavy atom. The lowest BCUT2D eigenvalue weighted by atomic mass is 9.89. The van der Waals surface area contributed by atoms with Crippen LogP contribution in [0.1, 0.15) is 38.9 Å². The average molecular weight is 627 g/mol. The minimum atomic E-state index is -3.05. The van der Waals surface area contributed by atoms with Gasteiger partial charge in [-0.1, -0.05) is 200 Å². The molecule has 226 valence electrons. The van der Waals surface area contributed by atoms with E-state index in [0.29, 0.717) is 0 Å². The molecule has 0 amide bonds. The van der Waals surface area contributed by atoms with Crippen LogP contribution in [-0.4, -0.2) is 8.07 Å². The molecule has 0 nitrogen and oxygen atoms in total. The first kappa shape index (κ1) is 28.5. The molecule has 0 fully saturated rings. The van der Waals surface area contributed by atoms with Crippen LogP contribution in [0.4, 0.5) is 0 Å². The molecule has 0 atom stereocenters. The zero-order valence-electron chi connectivity index (χ0n) is 26.6. The van der Waals surface area contributed by atoms with Crippen LogP contribution in [0, 0.1) is 0 Å². The standard InChI is InChI=1S/C47H34Si/c1-6-20-34(21-7-1)43-44(35-22-8-2-9-23-35)46(37-26-12-4-13-27-37)48(38-28-14-5-15-29-38,45(43)36-24-10-3-11-25-36)47-41-32-18-16-30-39(41)40-31-17-19-33-42(40)47/h1-33,47H. The molecule has 0 spiro atoms. The van der Waals surface area contributed by atoms with Crippen LogP contribution in [0.5, 0.6) is 0 Å². The fourth-order valence-electron chi connectivity index (χ4n) is 8.58. The van der Waals surface area contributed by atoms with Crippen LogP contribution < -0.4 is 5.19 Å². The summed E-state index contributed by atoms with van der Waals surface area (Å²) in [5.74, 6) is 0. The molecule has 0 saturated heterocycles. The van der Waals surface area contributed by atoms with Crippen molar-refractivity contribution in [2.75, 3.05) is 0 Å². The Balaban J connectivity index is 1.57. The molecule has 1 aliphatic heterocycles. The second-order valence-corrected chi connectivity index (χ2v) is 16.5. The lowest BCUT2D eigenvalue weighted by molar-refractivity contribution is 1.16. The number of allylic oxidation sites excluding steroid dienone is 2. The van der Waals surface area contributed by atoms with Crippen molar-refractivity contribution in [2.45, 2.75) is 5.54 Å². The third-order valence-electron chi connectivity index (χ3n) is 10.3. The Hall–Kier alpha value is -5.76. The number of hydrogen-bond acceptors (Lipinski definition) is 0. The van der Waals surface area contributed by atoms with Gasteiger partial charge in [0.25, 0.3) is 0 Å². The molecule has 1 aliphatic carbocycles. The van der Waals surface area contributed by atoms with Gasteiger partial charge in [-0.15, -0.1) is 0 Å². The zero-order chi connectivity index (χ0) is 31.9. The molecular weight excluding hydrogens is 593 g/mol. The van der Waals surface area contributed by atoms with Crippen molar-refractivity contribution in [3.8, 4) is 11.1 Å². The zero-order valence-corrected chi connectivity index (χ0v) is 27.6. The van der Waals surface area contributed by atoms with E-state index in [1.165, 1.54) is 71.2 Å². The van der Waals surface area contributed by atoms with Crippen LogP contribution in [0.2, 0.25) is 0 Å². The Kier molecular flexibility index (Phi) is 6.99. The Morgan fingerprint density at radius 3 is 1.00 bits per heavy atom.